The maximum atomic E-state index is 11.7. The smallest absolute Gasteiger partial charge is 0.287 e. The lowest BCUT2D eigenvalue weighted by atomic mass is 10.0. The molecule has 0 fully saturated rings. The highest BCUT2D eigenvalue weighted by molar-refractivity contribution is 5.95. The molecular weight excluding hydrogens is 248 g/mol. The predicted molar refractivity (Wildman–Crippen MR) is 69.6 cm³/mol. The number of nitrogens with one attached hydrogen (secondary N) is 2. The molecule has 0 radical (unpaired) electrons. The van der Waals surface area contributed by atoms with Gasteiger partial charge >= 0.3 is 0 Å². The van der Waals surface area contributed by atoms with E-state index in [0.717, 1.165) is 0 Å². The minimum Gasteiger partial charge on any atom is -0.459 e. The van der Waals surface area contributed by atoms with Gasteiger partial charge in [0, 0.05) is 6.54 Å². The zero-order valence-corrected chi connectivity index (χ0v) is 11.4. The molecule has 1 rings (SSSR count). The molecule has 2 amide bonds. The number of hydrogen-bond donors (Lipinski definition) is 3. The fourth-order valence-electron chi connectivity index (χ4n) is 1.30. The summed E-state index contributed by atoms with van der Waals surface area (Å²) in [6.45, 7) is 5.17. The molecular formula is C13H20N2O4. The van der Waals surface area contributed by atoms with Gasteiger partial charge in [0.05, 0.1) is 11.9 Å². The number of furan rings is 1. The third kappa shape index (κ3) is 4.75. The van der Waals surface area contributed by atoms with Crippen LogP contribution in [0.5, 0.6) is 0 Å². The van der Waals surface area contributed by atoms with Crippen LogP contribution in [0.15, 0.2) is 22.8 Å². The Hall–Kier alpha value is -1.82. The van der Waals surface area contributed by atoms with Crippen molar-refractivity contribution in [2.75, 3.05) is 6.54 Å². The molecule has 2 atom stereocenters. The number of rotatable bonds is 6. The standard InChI is InChI=1S/C13H20N2O4/c1-4-13(3,18)8-14-11(16)9(2)15-12(17)10-6-5-7-19-10/h5-7,9,18H,4,8H2,1-3H3,(H,14,16)(H,15,17). The molecule has 3 N–H and O–H groups in total. The number of aliphatic hydroxyl groups is 1. The van der Waals surface area contributed by atoms with Gasteiger partial charge in [0.25, 0.3) is 5.91 Å². The van der Waals surface area contributed by atoms with Crippen molar-refractivity contribution >= 4 is 11.8 Å². The lowest BCUT2D eigenvalue weighted by Gasteiger charge is -2.23. The van der Waals surface area contributed by atoms with Gasteiger partial charge in [0.15, 0.2) is 5.76 Å². The van der Waals surface area contributed by atoms with E-state index in [2.05, 4.69) is 10.6 Å². The van der Waals surface area contributed by atoms with E-state index in [1.54, 1.807) is 19.9 Å². The van der Waals surface area contributed by atoms with E-state index >= 15 is 0 Å². The Bertz CT molecular complexity index is 426. The van der Waals surface area contributed by atoms with Gasteiger partial charge in [-0.05, 0) is 32.4 Å². The molecule has 0 aliphatic heterocycles. The van der Waals surface area contributed by atoms with Crippen LogP contribution >= 0.6 is 0 Å². The van der Waals surface area contributed by atoms with E-state index in [9.17, 15) is 14.7 Å². The van der Waals surface area contributed by atoms with Gasteiger partial charge in [0.1, 0.15) is 6.04 Å². The minimum absolute atomic E-state index is 0.142. The number of carbonyl (C=O) groups is 2. The van der Waals surface area contributed by atoms with Crippen molar-refractivity contribution in [1.29, 1.82) is 0 Å². The SMILES string of the molecule is CCC(C)(O)CNC(=O)C(C)NC(=O)c1ccco1. The van der Waals surface area contributed by atoms with Gasteiger partial charge in [-0.1, -0.05) is 6.92 Å². The topological polar surface area (TPSA) is 91.6 Å². The first-order valence-electron chi connectivity index (χ1n) is 6.20. The summed E-state index contributed by atoms with van der Waals surface area (Å²) in [4.78, 5) is 23.4. The molecule has 0 aromatic carbocycles. The first-order chi connectivity index (χ1) is 8.85. The highest BCUT2D eigenvalue weighted by atomic mass is 16.3. The Balaban J connectivity index is 2.43. The summed E-state index contributed by atoms with van der Waals surface area (Å²) in [5.41, 5.74) is -0.944. The van der Waals surface area contributed by atoms with Crippen molar-refractivity contribution in [3.8, 4) is 0 Å². The van der Waals surface area contributed by atoms with Crippen LogP contribution in [0.2, 0.25) is 0 Å². The second-order valence-electron chi connectivity index (χ2n) is 4.74. The summed E-state index contributed by atoms with van der Waals surface area (Å²) < 4.78 is 4.92. The molecule has 0 aliphatic rings. The first-order valence-corrected chi connectivity index (χ1v) is 6.20. The van der Waals surface area contributed by atoms with Crippen molar-refractivity contribution in [3.05, 3.63) is 24.2 Å². The fraction of sp³-hybridized carbons (Fsp3) is 0.538. The van der Waals surface area contributed by atoms with Crippen LogP contribution in [0.1, 0.15) is 37.7 Å². The lowest BCUT2D eigenvalue weighted by molar-refractivity contribution is -0.123. The largest absolute Gasteiger partial charge is 0.459 e. The van der Waals surface area contributed by atoms with Crippen molar-refractivity contribution in [3.63, 3.8) is 0 Å². The molecule has 19 heavy (non-hydrogen) atoms. The molecule has 0 aliphatic carbocycles. The maximum absolute atomic E-state index is 11.7. The highest BCUT2D eigenvalue weighted by Gasteiger charge is 2.22. The van der Waals surface area contributed by atoms with Crippen LogP contribution in [0.3, 0.4) is 0 Å². The zero-order valence-electron chi connectivity index (χ0n) is 11.4. The van der Waals surface area contributed by atoms with Crippen LogP contribution < -0.4 is 10.6 Å². The predicted octanol–water partition coefficient (Wildman–Crippen LogP) is 0.675. The molecule has 106 valence electrons. The van der Waals surface area contributed by atoms with E-state index in [0.29, 0.717) is 6.42 Å². The molecule has 6 nitrogen and oxygen atoms in total. The van der Waals surface area contributed by atoms with Gasteiger partial charge in [-0.25, -0.2) is 0 Å². The Morgan fingerprint density at radius 2 is 2.21 bits per heavy atom. The summed E-state index contributed by atoms with van der Waals surface area (Å²) in [5, 5.41) is 14.9. The van der Waals surface area contributed by atoms with Crippen LogP contribution in [0.4, 0.5) is 0 Å². The second-order valence-corrected chi connectivity index (χ2v) is 4.74. The summed E-state index contributed by atoms with van der Waals surface area (Å²) in [5.74, 6) is -0.649. The average molecular weight is 268 g/mol. The second kappa shape index (κ2) is 6.38. The number of amides is 2. The molecule has 0 spiro atoms. The Kier molecular flexibility index (Phi) is 5.11. The van der Waals surface area contributed by atoms with Gasteiger partial charge in [0.2, 0.25) is 5.91 Å². The molecule has 1 aromatic rings. The molecule has 0 saturated carbocycles. The summed E-state index contributed by atoms with van der Waals surface area (Å²) in [6, 6.07) is 2.41. The maximum Gasteiger partial charge on any atom is 0.287 e. The van der Waals surface area contributed by atoms with E-state index in [4.69, 9.17) is 4.42 Å². The van der Waals surface area contributed by atoms with Gasteiger partial charge in [-0.2, -0.15) is 0 Å². The summed E-state index contributed by atoms with van der Waals surface area (Å²) >= 11 is 0. The molecule has 6 heteroatoms. The molecule has 0 bridgehead atoms. The van der Waals surface area contributed by atoms with E-state index < -0.39 is 17.6 Å². The van der Waals surface area contributed by atoms with Crippen LogP contribution in [-0.2, 0) is 4.79 Å². The Labute approximate surface area is 112 Å². The molecule has 0 saturated heterocycles. The van der Waals surface area contributed by atoms with Crippen molar-refractivity contribution < 1.29 is 19.1 Å². The van der Waals surface area contributed by atoms with E-state index in [1.165, 1.54) is 12.3 Å². The normalized spacial score (nSPS) is 15.4. The van der Waals surface area contributed by atoms with Crippen molar-refractivity contribution in [2.24, 2.45) is 0 Å². The monoisotopic (exact) mass is 268 g/mol. The van der Waals surface area contributed by atoms with Crippen LogP contribution in [0, 0.1) is 0 Å². The summed E-state index contributed by atoms with van der Waals surface area (Å²) in [7, 11) is 0. The summed E-state index contributed by atoms with van der Waals surface area (Å²) in [6.07, 6.45) is 1.92. The van der Waals surface area contributed by atoms with Crippen LogP contribution in [0.25, 0.3) is 0 Å². The molecule has 1 aromatic heterocycles. The lowest BCUT2D eigenvalue weighted by Crippen LogP contribution is -2.48. The third-order valence-electron chi connectivity index (χ3n) is 2.89. The number of carbonyl (C=O) groups excluding carboxylic acids is 2. The van der Waals surface area contributed by atoms with E-state index in [-0.39, 0.29) is 18.2 Å². The highest BCUT2D eigenvalue weighted by Crippen LogP contribution is 2.06. The van der Waals surface area contributed by atoms with Crippen molar-refractivity contribution in [1.82, 2.24) is 10.6 Å². The van der Waals surface area contributed by atoms with Crippen LogP contribution in [-0.4, -0.2) is 35.1 Å². The fourth-order valence-corrected chi connectivity index (χ4v) is 1.30. The van der Waals surface area contributed by atoms with Gasteiger partial charge in [-0.3, -0.25) is 9.59 Å². The third-order valence-corrected chi connectivity index (χ3v) is 2.89. The van der Waals surface area contributed by atoms with E-state index in [1.807, 2.05) is 6.92 Å². The number of hydrogen-bond acceptors (Lipinski definition) is 4. The van der Waals surface area contributed by atoms with Gasteiger partial charge < -0.3 is 20.2 Å². The Morgan fingerprint density at radius 3 is 2.74 bits per heavy atom. The zero-order chi connectivity index (χ0) is 14.5. The molecule has 1 heterocycles. The first kappa shape index (κ1) is 15.2. The van der Waals surface area contributed by atoms with Crippen molar-refractivity contribution in [2.45, 2.75) is 38.8 Å². The molecule has 2 unspecified atom stereocenters. The van der Waals surface area contributed by atoms with Gasteiger partial charge in [-0.15, -0.1) is 0 Å². The average Bonchev–Trinajstić information content (AvgIpc) is 2.89. The Morgan fingerprint density at radius 1 is 1.53 bits per heavy atom. The quantitative estimate of drug-likeness (QED) is 0.707. The minimum atomic E-state index is -0.944.